The molecule has 0 aromatic heterocycles. The Hall–Kier alpha value is 0.250. The molecule has 1 heterocycles. The number of hydrogen-bond donors (Lipinski definition) is 0. The van der Waals surface area contributed by atoms with Crippen LogP contribution >= 0.6 is 11.6 Å². The van der Waals surface area contributed by atoms with E-state index in [1.807, 2.05) is 0 Å². The average Bonchev–Trinajstić information content (AvgIpc) is 2.20. The molecular weight excluding hydrogens is 206 g/mol. The second kappa shape index (κ2) is 7.51. The minimum Gasteiger partial charge on any atom is -0.300 e. The van der Waals surface area contributed by atoms with Crippen LogP contribution in [0.2, 0.25) is 0 Å². The first-order valence-corrected chi connectivity index (χ1v) is 7.07. The highest BCUT2D eigenvalue weighted by Gasteiger charge is 2.20. The maximum absolute atomic E-state index is 5.86. The highest BCUT2D eigenvalue weighted by atomic mass is 35.5. The van der Waals surface area contributed by atoms with E-state index in [0.717, 1.165) is 17.8 Å². The van der Waals surface area contributed by atoms with Gasteiger partial charge in [-0.15, -0.1) is 11.6 Å². The lowest BCUT2D eigenvalue weighted by Crippen LogP contribution is -2.40. The summed E-state index contributed by atoms with van der Waals surface area (Å²) in [5.74, 6) is 1.67. The van der Waals surface area contributed by atoms with Gasteiger partial charge in [0.1, 0.15) is 0 Å². The van der Waals surface area contributed by atoms with Crippen molar-refractivity contribution >= 4 is 11.6 Å². The molecule has 2 heteroatoms. The smallest absolute Gasteiger partial charge is 0.0238 e. The quantitative estimate of drug-likeness (QED) is 0.627. The third-order valence-electron chi connectivity index (χ3n) is 3.42. The summed E-state index contributed by atoms with van der Waals surface area (Å²) in [5, 5.41) is 0. The van der Waals surface area contributed by atoms with Gasteiger partial charge in [0.05, 0.1) is 0 Å². The van der Waals surface area contributed by atoms with Crippen LogP contribution in [0.3, 0.4) is 0 Å². The van der Waals surface area contributed by atoms with Crippen molar-refractivity contribution in [2.45, 2.75) is 58.4 Å². The van der Waals surface area contributed by atoms with E-state index in [2.05, 4.69) is 18.7 Å². The molecule has 1 nitrogen and oxygen atoms in total. The SMILES string of the molecule is CC(C)CCCN1CCCCC1CCCl. The second-order valence-corrected chi connectivity index (χ2v) is 5.58. The standard InChI is InChI=1S/C13H26ClN/c1-12(2)6-5-11-15-10-4-3-7-13(15)8-9-14/h12-13H,3-11H2,1-2H3. The Morgan fingerprint density at radius 2 is 2.13 bits per heavy atom. The number of alkyl halides is 1. The maximum Gasteiger partial charge on any atom is 0.0238 e. The van der Waals surface area contributed by atoms with Crippen LogP contribution < -0.4 is 0 Å². The van der Waals surface area contributed by atoms with Gasteiger partial charge in [-0.25, -0.2) is 0 Å². The molecule has 0 amide bonds. The molecule has 1 fully saturated rings. The van der Waals surface area contributed by atoms with E-state index in [4.69, 9.17) is 11.6 Å². The number of hydrogen-bond acceptors (Lipinski definition) is 1. The molecule has 1 saturated heterocycles. The Labute approximate surface area is 100 Å². The Morgan fingerprint density at radius 3 is 2.80 bits per heavy atom. The van der Waals surface area contributed by atoms with Crippen LogP contribution in [0.15, 0.2) is 0 Å². The predicted octanol–water partition coefficient (Wildman–Crippen LogP) is 3.91. The molecule has 0 saturated carbocycles. The average molecular weight is 232 g/mol. The topological polar surface area (TPSA) is 3.24 Å². The van der Waals surface area contributed by atoms with Crippen molar-refractivity contribution in [2.24, 2.45) is 5.92 Å². The highest BCUT2D eigenvalue weighted by molar-refractivity contribution is 6.17. The van der Waals surface area contributed by atoms with E-state index in [1.165, 1.54) is 51.6 Å². The number of halogens is 1. The Balaban J connectivity index is 2.23. The minimum atomic E-state index is 0.781. The Bertz CT molecular complexity index is 157. The fourth-order valence-corrected chi connectivity index (χ4v) is 2.76. The van der Waals surface area contributed by atoms with Crippen LogP contribution in [-0.4, -0.2) is 29.9 Å². The van der Waals surface area contributed by atoms with E-state index in [0.29, 0.717) is 0 Å². The molecule has 0 aliphatic carbocycles. The van der Waals surface area contributed by atoms with Crippen molar-refractivity contribution in [1.82, 2.24) is 4.90 Å². The first-order chi connectivity index (χ1) is 7.24. The van der Waals surface area contributed by atoms with Crippen LogP contribution in [-0.2, 0) is 0 Å². The van der Waals surface area contributed by atoms with Gasteiger partial charge in [-0.1, -0.05) is 20.3 Å². The second-order valence-electron chi connectivity index (χ2n) is 5.20. The summed E-state index contributed by atoms with van der Waals surface area (Å²) in [5.41, 5.74) is 0. The molecular formula is C13H26ClN. The summed E-state index contributed by atoms with van der Waals surface area (Å²) < 4.78 is 0. The van der Waals surface area contributed by atoms with E-state index in [-0.39, 0.29) is 0 Å². The number of likely N-dealkylation sites (tertiary alicyclic amines) is 1. The molecule has 90 valence electrons. The number of piperidine rings is 1. The van der Waals surface area contributed by atoms with Crippen molar-refractivity contribution in [3.05, 3.63) is 0 Å². The van der Waals surface area contributed by atoms with Crippen LogP contribution in [0.4, 0.5) is 0 Å². The van der Waals surface area contributed by atoms with E-state index in [9.17, 15) is 0 Å². The zero-order valence-electron chi connectivity index (χ0n) is 10.3. The number of rotatable bonds is 6. The van der Waals surface area contributed by atoms with E-state index >= 15 is 0 Å². The zero-order valence-corrected chi connectivity index (χ0v) is 11.1. The molecule has 0 radical (unpaired) electrons. The zero-order chi connectivity index (χ0) is 11.1. The monoisotopic (exact) mass is 231 g/mol. The van der Waals surface area contributed by atoms with Gasteiger partial charge in [0, 0.05) is 11.9 Å². The molecule has 0 bridgehead atoms. The van der Waals surface area contributed by atoms with Gasteiger partial charge < -0.3 is 4.90 Å². The van der Waals surface area contributed by atoms with Gasteiger partial charge in [0.15, 0.2) is 0 Å². The summed E-state index contributed by atoms with van der Waals surface area (Å²) in [6.07, 6.45) is 8.07. The minimum absolute atomic E-state index is 0.781. The predicted molar refractivity (Wildman–Crippen MR) is 68.6 cm³/mol. The third kappa shape index (κ3) is 5.21. The van der Waals surface area contributed by atoms with Gasteiger partial charge in [-0.3, -0.25) is 0 Å². The molecule has 1 rings (SSSR count). The molecule has 1 unspecified atom stereocenters. The van der Waals surface area contributed by atoms with Crippen molar-refractivity contribution < 1.29 is 0 Å². The van der Waals surface area contributed by atoms with Crippen molar-refractivity contribution in [3.63, 3.8) is 0 Å². The molecule has 1 atom stereocenters. The lowest BCUT2D eigenvalue weighted by Gasteiger charge is -2.35. The first kappa shape index (κ1) is 13.3. The molecule has 1 aliphatic rings. The Morgan fingerprint density at radius 1 is 1.33 bits per heavy atom. The van der Waals surface area contributed by atoms with Crippen LogP contribution in [0.25, 0.3) is 0 Å². The van der Waals surface area contributed by atoms with Crippen molar-refractivity contribution in [1.29, 1.82) is 0 Å². The molecule has 0 N–H and O–H groups in total. The molecule has 1 aliphatic heterocycles. The summed E-state index contributed by atoms with van der Waals surface area (Å²) in [6.45, 7) is 7.22. The molecule has 0 aromatic rings. The van der Waals surface area contributed by atoms with Gasteiger partial charge in [-0.2, -0.15) is 0 Å². The Kier molecular flexibility index (Phi) is 6.67. The highest BCUT2D eigenvalue weighted by Crippen LogP contribution is 2.20. The van der Waals surface area contributed by atoms with Gasteiger partial charge >= 0.3 is 0 Å². The lowest BCUT2D eigenvalue weighted by molar-refractivity contribution is 0.140. The summed E-state index contributed by atoms with van der Waals surface area (Å²) >= 11 is 5.86. The normalized spacial score (nSPS) is 23.6. The van der Waals surface area contributed by atoms with Gasteiger partial charge in [0.2, 0.25) is 0 Å². The van der Waals surface area contributed by atoms with Crippen LogP contribution in [0, 0.1) is 5.92 Å². The van der Waals surface area contributed by atoms with E-state index in [1.54, 1.807) is 0 Å². The first-order valence-electron chi connectivity index (χ1n) is 6.54. The van der Waals surface area contributed by atoms with Crippen LogP contribution in [0.1, 0.15) is 52.4 Å². The largest absolute Gasteiger partial charge is 0.300 e. The summed E-state index contributed by atoms with van der Waals surface area (Å²) in [6, 6.07) is 0.781. The van der Waals surface area contributed by atoms with Crippen molar-refractivity contribution in [2.75, 3.05) is 19.0 Å². The fraction of sp³-hybridized carbons (Fsp3) is 1.00. The third-order valence-corrected chi connectivity index (χ3v) is 3.64. The molecule has 0 spiro atoms. The summed E-state index contributed by atoms with van der Waals surface area (Å²) in [7, 11) is 0. The van der Waals surface area contributed by atoms with Gasteiger partial charge in [-0.05, 0) is 51.1 Å². The summed E-state index contributed by atoms with van der Waals surface area (Å²) in [4.78, 5) is 2.67. The fourth-order valence-electron chi connectivity index (χ4n) is 2.51. The maximum atomic E-state index is 5.86. The lowest BCUT2D eigenvalue weighted by atomic mass is 9.99. The molecule has 0 aromatic carbocycles. The number of nitrogens with zero attached hydrogens (tertiary/aromatic N) is 1. The van der Waals surface area contributed by atoms with E-state index < -0.39 is 0 Å². The van der Waals surface area contributed by atoms with Crippen LogP contribution in [0.5, 0.6) is 0 Å². The van der Waals surface area contributed by atoms with Gasteiger partial charge in [0.25, 0.3) is 0 Å². The van der Waals surface area contributed by atoms with Crippen molar-refractivity contribution in [3.8, 4) is 0 Å². The molecule has 15 heavy (non-hydrogen) atoms.